The molecule has 0 fully saturated rings. The molecule has 0 aromatic carbocycles. The zero-order chi connectivity index (χ0) is 33.6. The molecule has 0 radical (unpaired) electrons. The molecule has 4 nitrogen and oxygen atoms in total. The fraction of sp³-hybridized carbons (Fsp3) is 0.881. The van der Waals surface area contributed by atoms with Crippen LogP contribution >= 0.6 is 0 Å². The van der Waals surface area contributed by atoms with E-state index in [9.17, 15) is 15.0 Å². The number of allylic oxidation sites excluding steroid dienone is 4. The zero-order valence-electron chi connectivity index (χ0n) is 31.1. The van der Waals surface area contributed by atoms with Crippen LogP contribution in [0, 0.1) is 0 Å². The molecule has 0 heterocycles. The molecule has 0 spiro atoms. The summed E-state index contributed by atoms with van der Waals surface area (Å²) in [6.45, 7) is 4.33. The van der Waals surface area contributed by atoms with E-state index in [1.807, 2.05) is 0 Å². The van der Waals surface area contributed by atoms with Crippen molar-refractivity contribution in [3.8, 4) is 0 Å². The van der Waals surface area contributed by atoms with Crippen molar-refractivity contribution in [3.63, 3.8) is 0 Å². The Morgan fingerprint density at radius 2 is 0.891 bits per heavy atom. The topological polar surface area (TPSA) is 69.6 Å². The smallest absolute Gasteiger partial charge is 0.220 e. The monoisotopic (exact) mass is 648 g/mol. The zero-order valence-corrected chi connectivity index (χ0v) is 31.1. The summed E-state index contributed by atoms with van der Waals surface area (Å²) in [7, 11) is 0. The number of rotatable bonds is 37. The number of aliphatic hydroxyl groups is 2. The number of nitrogens with one attached hydrogen (secondary N) is 1. The molecule has 0 aliphatic heterocycles. The van der Waals surface area contributed by atoms with E-state index < -0.39 is 12.1 Å². The first kappa shape index (κ1) is 44.9. The number of hydrogen-bond acceptors (Lipinski definition) is 3. The Labute approximate surface area is 288 Å². The van der Waals surface area contributed by atoms with Crippen molar-refractivity contribution < 1.29 is 15.0 Å². The maximum atomic E-state index is 12.3. The predicted molar refractivity (Wildman–Crippen MR) is 202 cm³/mol. The van der Waals surface area contributed by atoms with Crippen LogP contribution in [0.15, 0.2) is 24.3 Å². The third-order valence-electron chi connectivity index (χ3n) is 9.47. The van der Waals surface area contributed by atoms with E-state index in [2.05, 4.69) is 43.5 Å². The Morgan fingerprint density at radius 1 is 0.522 bits per heavy atom. The van der Waals surface area contributed by atoms with Gasteiger partial charge in [-0.1, -0.05) is 192 Å². The minimum atomic E-state index is -0.655. The highest BCUT2D eigenvalue weighted by atomic mass is 16.3. The molecule has 0 aromatic rings. The molecule has 0 saturated heterocycles. The predicted octanol–water partition coefficient (Wildman–Crippen LogP) is 12.5. The van der Waals surface area contributed by atoms with Gasteiger partial charge in [-0.15, -0.1) is 0 Å². The van der Waals surface area contributed by atoms with Crippen LogP contribution in [0.5, 0.6) is 0 Å². The summed E-state index contributed by atoms with van der Waals surface area (Å²) >= 11 is 0. The number of hydrogen-bond donors (Lipinski definition) is 3. The van der Waals surface area contributed by atoms with E-state index >= 15 is 0 Å². The fourth-order valence-electron chi connectivity index (χ4n) is 6.27. The second-order valence-corrected chi connectivity index (χ2v) is 14.1. The number of amides is 1. The van der Waals surface area contributed by atoms with Gasteiger partial charge in [0.25, 0.3) is 0 Å². The first-order valence-corrected chi connectivity index (χ1v) is 20.5. The maximum Gasteiger partial charge on any atom is 0.220 e. The van der Waals surface area contributed by atoms with Gasteiger partial charge in [-0.25, -0.2) is 0 Å². The van der Waals surface area contributed by atoms with Gasteiger partial charge in [0.1, 0.15) is 0 Å². The van der Waals surface area contributed by atoms with Crippen LogP contribution < -0.4 is 5.32 Å². The maximum absolute atomic E-state index is 12.3. The molecule has 0 saturated carbocycles. The van der Waals surface area contributed by atoms with Crippen molar-refractivity contribution in [2.24, 2.45) is 0 Å². The van der Waals surface area contributed by atoms with Gasteiger partial charge in [-0.2, -0.15) is 0 Å². The summed E-state index contributed by atoms with van der Waals surface area (Å²) in [5.74, 6) is -0.0341. The first-order valence-electron chi connectivity index (χ1n) is 20.5. The summed E-state index contributed by atoms with van der Waals surface area (Å²) in [5.41, 5.74) is 0. The Balaban J connectivity index is 3.46. The molecule has 0 bridgehead atoms. The average molecular weight is 648 g/mol. The lowest BCUT2D eigenvalue weighted by atomic mass is 10.0. The molecule has 3 N–H and O–H groups in total. The van der Waals surface area contributed by atoms with Crippen molar-refractivity contribution in [2.45, 2.75) is 231 Å². The third-order valence-corrected chi connectivity index (χ3v) is 9.47. The Hall–Kier alpha value is -1.13. The van der Waals surface area contributed by atoms with E-state index in [-0.39, 0.29) is 12.5 Å². The van der Waals surface area contributed by atoms with Crippen LogP contribution in [0.25, 0.3) is 0 Å². The number of aliphatic hydroxyl groups excluding tert-OH is 2. The van der Waals surface area contributed by atoms with E-state index in [1.165, 1.54) is 161 Å². The fourth-order valence-corrected chi connectivity index (χ4v) is 6.27. The standard InChI is InChI=1S/C42H81NO3/c1-3-5-7-9-11-13-14-15-16-17-18-19-20-21-22-23-24-25-26-27-28-30-32-34-36-38-42(46)43-40(39-44)41(45)37-35-33-31-29-12-10-8-6-4-2/h14-15,17-18,40-41,44-45H,3-13,16,19-39H2,1-2H3,(H,43,46)/b15-14-,18-17-. The van der Waals surface area contributed by atoms with Crippen molar-refractivity contribution in [1.82, 2.24) is 5.32 Å². The minimum absolute atomic E-state index is 0.0341. The molecule has 0 aromatic heterocycles. The van der Waals surface area contributed by atoms with E-state index in [4.69, 9.17) is 0 Å². The Bertz CT molecular complexity index is 661. The highest BCUT2D eigenvalue weighted by molar-refractivity contribution is 5.76. The van der Waals surface area contributed by atoms with Crippen molar-refractivity contribution in [2.75, 3.05) is 6.61 Å². The van der Waals surface area contributed by atoms with Crippen LogP contribution in [0.1, 0.15) is 219 Å². The number of carbonyl (C=O) groups is 1. The van der Waals surface area contributed by atoms with Gasteiger partial charge in [-0.3, -0.25) is 4.79 Å². The number of carbonyl (C=O) groups excluding carboxylic acids is 1. The SMILES string of the molecule is CCCCCCC/C=C\C/C=C\CCCCCCCCCCCCCCCC(=O)NC(CO)C(O)CCCCCCCCCCC. The van der Waals surface area contributed by atoms with Crippen LogP contribution in [0.3, 0.4) is 0 Å². The summed E-state index contributed by atoms with van der Waals surface area (Å²) in [5, 5.41) is 23.0. The third kappa shape index (κ3) is 34.2. The molecule has 0 rings (SSSR count). The van der Waals surface area contributed by atoms with E-state index in [0.29, 0.717) is 12.8 Å². The quantitative estimate of drug-likeness (QED) is 0.0464. The molecule has 1 amide bonds. The second-order valence-electron chi connectivity index (χ2n) is 14.1. The van der Waals surface area contributed by atoms with Crippen molar-refractivity contribution >= 4 is 5.91 Å². The van der Waals surface area contributed by atoms with Crippen LogP contribution in [-0.2, 0) is 4.79 Å². The first-order chi connectivity index (χ1) is 22.7. The molecule has 2 unspecified atom stereocenters. The highest BCUT2D eigenvalue weighted by Crippen LogP contribution is 2.15. The average Bonchev–Trinajstić information content (AvgIpc) is 3.06. The molecule has 0 aliphatic carbocycles. The van der Waals surface area contributed by atoms with Crippen LogP contribution in [0.4, 0.5) is 0 Å². The number of unbranched alkanes of at least 4 members (excludes halogenated alkanes) is 26. The lowest BCUT2D eigenvalue weighted by molar-refractivity contribution is -0.123. The van der Waals surface area contributed by atoms with Gasteiger partial charge in [-0.05, 0) is 44.9 Å². The van der Waals surface area contributed by atoms with Gasteiger partial charge in [0.15, 0.2) is 0 Å². The second kappa shape index (κ2) is 38.3. The van der Waals surface area contributed by atoms with E-state index in [1.54, 1.807) is 0 Å². The summed E-state index contributed by atoms with van der Waals surface area (Å²) in [4.78, 5) is 12.3. The van der Waals surface area contributed by atoms with Gasteiger partial charge in [0.2, 0.25) is 5.91 Å². The normalized spacial score (nSPS) is 13.2. The summed E-state index contributed by atoms with van der Waals surface area (Å²) in [6.07, 6.45) is 48.2. The van der Waals surface area contributed by atoms with Crippen LogP contribution in [-0.4, -0.2) is 34.9 Å². The van der Waals surface area contributed by atoms with Gasteiger partial charge >= 0.3 is 0 Å². The van der Waals surface area contributed by atoms with Crippen molar-refractivity contribution in [1.29, 1.82) is 0 Å². The molecule has 46 heavy (non-hydrogen) atoms. The summed E-state index contributed by atoms with van der Waals surface area (Å²) in [6, 6.07) is -0.532. The highest BCUT2D eigenvalue weighted by Gasteiger charge is 2.19. The molecule has 0 aliphatic rings. The molecular weight excluding hydrogens is 566 g/mol. The van der Waals surface area contributed by atoms with Gasteiger partial charge < -0.3 is 15.5 Å². The minimum Gasteiger partial charge on any atom is -0.394 e. The molecule has 2 atom stereocenters. The Morgan fingerprint density at radius 3 is 1.30 bits per heavy atom. The molecular formula is C42H81NO3. The molecule has 4 heteroatoms. The lowest BCUT2D eigenvalue weighted by Crippen LogP contribution is -2.45. The van der Waals surface area contributed by atoms with Crippen LogP contribution in [0.2, 0.25) is 0 Å². The molecule has 272 valence electrons. The van der Waals surface area contributed by atoms with Crippen molar-refractivity contribution in [3.05, 3.63) is 24.3 Å². The van der Waals surface area contributed by atoms with Gasteiger partial charge in [0, 0.05) is 6.42 Å². The summed E-state index contributed by atoms with van der Waals surface area (Å²) < 4.78 is 0. The van der Waals surface area contributed by atoms with Gasteiger partial charge in [0.05, 0.1) is 18.8 Å². The Kier molecular flexibility index (Phi) is 37.4. The lowest BCUT2D eigenvalue weighted by Gasteiger charge is -2.22. The van der Waals surface area contributed by atoms with E-state index in [0.717, 1.165) is 32.1 Å². The largest absolute Gasteiger partial charge is 0.394 e.